The largest absolute Gasteiger partial charge is 0.325 e. The number of anilines is 1. The zero-order valence-electron chi connectivity index (χ0n) is 13.2. The average Bonchev–Trinajstić information content (AvgIpc) is 2.55. The molecule has 6 heteroatoms. The van der Waals surface area contributed by atoms with Crippen molar-refractivity contribution in [2.24, 2.45) is 5.92 Å². The van der Waals surface area contributed by atoms with Crippen molar-refractivity contribution in [2.45, 2.75) is 44.6 Å². The normalized spacial score (nSPS) is 24.7. The van der Waals surface area contributed by atoms with Gasteiger partial charge in [0.05, 0.1) is 11.5 Å². The van der Waals surface area contributed by atoms with E-state index < -0.39 is 4.92 Å². The lowest BCUT2D eigenvalue weighted by Crippen LogP contribution is -2.49. The van der Waals surface area contributed by atoms with Gasteiger partial charge in [0.2, 0.25) is 5.91 Å². The topological polar surface area (TPSA) is 75.5 Å². The van der Waals surface area contributed by atoms with Gasteiger partial charge in [0.15, 0.2) is 0 Å². The van der Waals surface area contributed by atoms with Gasteiger partial charge in [0.1, 0.15) is 0 Å². The molecule has 3 rings (SSSR count). The molecule has 1 saturated carbocycles. The summed E-state index contributed by atoms with van der Waals surface area (Å²) in [5.74, 6) is 0.717. The van der Waals surface area contributed by atoms with E-state index in [9.17, 15) is 14.9 Å². The molecule has 1 aliphatic heterocycles. The Morgan fingerprint density at radius 2 is 1.87 bits per heavy atom. The lowest BCUT2D eigenvalue weighted by molar-refractivity contribution is -0.384. The van der Waals surface area contributed by atoms with Gasteiger partial charge in [0, 0.05) is 23.9 Å². The molecule has 0 unspecified atom stereocenters. The number of nitro benzene ring substituents is 1. The molecule has 0 spiro atoms. The molecule has 0 bridgehead atoms. The van der Waals surface area contributed by atoms with Crippen molar-refractivity contribution in [1.29, 1.82) is 0 Å². The van der Waals surface area contributed by atoms with E-state index in [2.05, 4.69) is 10.2 Å². The molecule has 1 saturated heterocycles. The van der Waals surface area contributed by atoms with Crippen molar-refractivity contribution in [1.82, 2.24) is 4.90 Å². The Morgan fingerprint density at radius 1 is 1.17 bits per heavy atom. The summed E-state index contributed by atoms with van der Waals surface area (Å²) in [6, 6.07) is 6.53. The van der Waals surface area contributed by atoms with Crippen LogP contribution >= 0.6 is 0 Å². The van der Waals surface area contributed by atoms with E-state index in [0.29, 0.717) is 18.3 Å². The number of carbonyl (C=O) groups is 1. The smallest absolute Gasteiger partial charge is 0.269 e. The molecule has 1 N–H and O–H groups in total. The van der Waals surface area contributed by atoms with Crippen molar-refractivity contribution >= 4 is 17.3 Å². The maximum atomic E-state index is 12.3. The summed E-state index contributed by atoms with van der Waals surface area (Å²) in [6.07, 6.45) is 7.56. The fourth-order valence-electron chi connectivity index (χ4n) is 3.98. The maximum absolute atomic E-state index is 12.3. The van der Waals surface area contributed by atoms with Crippen LogP contribution in [-0.4, -0.2) is 34.9 Å². The first-order valence-corrected chi connectivity index (χ1v) is 8.42. The highest BCUT2D eigenvalue weighted by Gasteiger charge is 2.33. The number of benzene rings is 1. The number of fused-ring (bicyclic) bond motifs is 1. The van der Waals surface area contributed by atoms with Crippen molar-refractivity contribution in [2.75, 3.05) is 18.4 Å². The minimum Gasteiger partial charge on any atom is -0.325 e. The lowest BCUT2D eigenvalue weighted by Gasteiger charge is -2.43. The van der Waals surface area contributed by atoms with Gasteiger partial charge in [0.25, 0.3) is 5.69 Å². The minimum atomic E-state index is -0.442. The number of likely N-dealkylation sites (tertiary alicyclic amines) is 1. The number of amides is 1. The first kappa shape index (κ1) is 15.9. The van der Waals surface area contributed by atoms with Crippen molar-refractivity contribution in [3.05, 3.63) is 34.4 Å². The second kappa shape index (κ2) is 7.08. The molecule has 1 aromatic rings. The highest BCUT2D eigenvalue weighted by Crippen LogP contribution is 2.35. The number of nitro groups is 1. The number of nitrogens with zero attached hydrogens (tertiary/aromatic N) is 2. The van der Waals surface area contributed by atoms with Crippen LogP contribution in [0.5, 0.6) is 0 Å². The lowest BCUT2D eigenvalue weighted by atomic mass is 9.78. The summed E-state index contributed by atoms with van der Waals surface area (Å²) < 4.78 is 0. The molecule has 1 heterocycles. The van der Waals surface area contributed by atoms with Gasteiger partial charge in [-0.3, -0.25) is 19.8 Å². The molecule has 0 aromatic heterocycles. The van der Waals surface area contributed by atoms with E-state index in [1.54, 1.807) is 12.1 Å². The van der Waals surface area contributed by atoms with Gasteiger partial charge in [-0.15, -0.1) is 0 Å². The fourth-order valence-corrected chi connectivity index (χ4v) is 3.98. The molecule has 124 valence electrons. The first-order valence-electron chi connectivity index (χ1n) is 8.42. The van der Waals surface area contributed by atoms with Crippen molar-refractivity contribution in [3.63, 3.8) is 0 Å². The Labute approximate surface area is 136 Å². The van der Waals surface area contributed by atoms with Crippen molar-refractivity contribution in [3.8, 4) is 0 Å². The Kier molecular flexibility index (Phi) is 4.91. The number of nitrogens with one attached hydrogen (secondary N) is 1. The molecule has 2 fully saturated rings. The highest BCUT2D eigenvalue weighted by atomic mass is 16.6. The Balaban J connectivity index is 1.57. The van der Waals surface area contributed by atoms with Crippen LogP contribution in [0, 0.1) is 16.0 Å². The van der Waals surface area contributed by atoms with E-state index in [4.69, 9.17) is 0 Å². The Morgan fingerprint density at radius 3 is 2.61 bits per heavy atom. The second-order valence-electron chi connectivity index (χ2n) is 6.58. The van der Waals surface area contributed by atoms with Gasteiger partial charge < -0.3 is 5.32 Å². The molecule has 2 aliphatic rings. The molecule has 0 radical (unpaired) electrons. The minimum absolute atomic E-state index is 0.0316. The van der Waals surface area contributed by atoms with Gasteiger partial charge in [-0.1, -0.05) is 12.8 Å². The van der Waals surface area contributed by atoms with Gasteiger partial charge in [-0.05, 0) is 50.3 Å². The predicted octanol–water partition coefficient (Wildman–Crippen LogP) is 3.19. The molecule has 1 amide bonds. The van der Waals surface area contributed by atoms with E-state index in [1.807, 2.05) is 0 Å². The number of carbonyl (C=O) groups excluding carboxylic acids is 1. The van der Waals surface area contributed by atoms with E-state index in [1.165, 1.54) is 50.7 Å². The third-order valence-corrected chi connectivity index (χ3v) is 5.07. The number of hydrogen-bond acceptors (Lipinski definition) is 4. The molecular formula is C17H23N3O3. The van der Waals surface area contributed by atoms with Crippen LogP contribution < -0.4 is 5.32 Å². The average molecular weight is 317 g/mol. The zero-order chi connectivity index (χ0) is 16.2. The van der Waals surface area contributed by atoms with Gasteiger partial charge >= 0.3 is 0 Å². The summed E-state index contributed by atoms with van der Waals surface area (Å²) in [5.41, 5.74) is 0.641. The molecule has 1 aromatic carbocycles. The SMILES string of the molecule is O=C(CN1CCC[C@H]2CCCC[C@@H]21)Nc1ccc([N+](=O)[O-])cc1. The van der Waals surface area contributed by atoms with Gasteiger partial charge in [-0.25, -0.2) is 0 Å². The molecular weight excluding hydrogens is 294 g/mol. The van der Waals surface area contributed by atoms with E-state index >= 15 is 0 Å². The number of rotatable bonds is 4. The second-order valence-corrected chi connectivity index (χ2v) is 6.58. The maximum Gasteiger partial charge on any atom is 0.269 e. The summed E-state index contributed by atoms with van der Waals surface area (Å²) in [7, 11) is 0. The summed E-state index contributed by atoms with van der Waals surface area (Å²) in [5, 5.41) is 13.5. The van der Waals surface area contributed by atoms with Crippen LogP contribution in [0.15, 0.2) is 24.3 Å². The third-order valence-electron chi connectivity index (χ3n) is 5.07. The zero-order valence-corrected chi connectivity index (χ0v) is 13.2. The quantitative estimate of drug-likeness (QED) is 0.683. The fraction of sp³-hybridized carbons (Fsp3) is 0.588. The van der Waals surface area contributed by atoms with Crippen LogP contribution in [0.1, 0.15) is 38.5 Å². The molecule has 2 atom stereocenters. The summed E-state index contributed by atoms with van der Waals surface area (Å²) in [6.45, 7) is 1.41. The summed E-state index contributed by atoms with van der Waals surface area (Å²) >= 11 is 0. The number of hydrogen-bond donors (Lipinski definition) is 1. The van der Waals surface area contributed by atoms with Crippen LogP contribution in [0.4, 0.5) is 11.4 Å². The Bertz CT molecular complexity index is 571. The van der Waals surface area contributed by atoms with Crippen LogP contribution in [0.25, 0.3) is 0 Å². The van der Waals surface area contributed by atoms with Crippen molar-refractivity contribution < 1.29 is 9.72 Å². The number of non-ortho nitro benzene ring substituents is 1. The first-order chi connectivity index (χ1) is 11.1. The van der Waals surface area contributed by atoms with Crippen LogP contribution in [0.3, 0.4) is 0 Å². The van der Waals surface area contributed by atoms with E-state index in [-0.39, 0.29) is 11.6 Å². The van der Waals surface area contributed by atoms with Crippen LogP contribution in [-0.2, 0) is 4.79 Å². The van der Waals surface area contributed by atoms with E-state index in [0.717, 1.165) is 12.5 Å². The van der Waals surface area contributed by atoms with Crippen LogP contribution in [0.2, 0.25) is 0 Å². The molecule has 23 heavy (non-hydrogen) atoms. The predicted molar refractivity (Wildman–Crippen MR) is 88.3 cm³/mol. The molecule has 1 aliphatic carbocycles. The highest BCUT2D eigenvalue weighted by molar-refractivity contribution is 5.92. The van der Waals surface area contributed by atoms with Gasteiger partial charge in [-0.2, -0.15) is 0 Å². The summed E-state index contributed by atoms with van der Waals surface area (Å²) in [4.78, 5) is 24.8. The standard InChI is InChI=1S/C17H23N3O3/c21-17(18-14-7-9-15(10-8-14)20(22)23)12-19-11-3-5-13-4-1-2-6-16(13)19/h7-10,13,16H,1-6,11-12H2,(H,18,21)/t13-,16+/m1/s1. The Hall–Kier alpha value is -1.95. The number of piperidine rings is 1. The molecule has 6 nitrogen and oxygen atoms in total. The monoisotopic (exact) mass is 317 g/mol. The third kappa shape index (κ3) is 3.88.